The standard InChI is InChI=1S/2C6H8O6.2H2O.Sr/c2*7-1-2(8)5-3(9)4(10)6(11)12-5;;;/h2*2,5,7-10H,1H2;2*1H2;/q;;;;+2/p-2/t2*2-,5+;;;/m00.../s1. The maximum Gasteiger partial charge on any atom is 2.00 e. The van der Waals surface area contributed by atoms with E-state index in [1.165, 1.54) is 0 Å². The summed E-state index contributed by atoms with van der Waals surface area (Å²) in [7, 11) is 0. The van der Waals surface area contributed by atoms with E-state index in [1.807, 2.05) is 0 Å². The molecule has 0 fully saturated rings. The fourth-order valence-electron chi connectivity index (χ4n) is 1.62. The van der Waals surface area contributed by atoms with E-state index < -0.39 is 72.6 Å². The molecule has 0 aromatic carbocycles. The van der Waals surface area contributed by atoms with Gasteiger partial charge in [-0.2, -0.15) is 0 Å². The van der Waals surface area contributed by atoms with Crippen molar-refractivity contribution >= 4 is 57.4 Å². The van der Waals surface area contributed by atoms with Crippen molar-refractivity contribution < 1.29 is 70.9 Å². The molecule has 0 bridgehead atoms. The summed E-state index contributed by atoms with van der Waals surface area (Å²) < 4.78 is 8.51. The molecule has 0 saturated carbocycles. The van der Waals surface area contributed by atoms with Crippen LogP contribution in [0.3, 0.4) is 0 Å². The smallest absolute Gasteiger partial charge is 0.870 e. The number of carbonyl (C=O) groups excluding carboxylic acids is 2. The van der Waals surface area contributed by atoms with Gasteiger partial charge < -0.3 is 61.3 Å². The average molecular weight is 474 g/mol. The molecule has 2 rings (SSSR count). The second-order valence-corrected chi connectivity index (χ2v) is 4.58. The fourth-order valence-corrected chi connectivity index (χ4v) is 1.62. The van der Waals surface area contributed by atoms with Gasteiger partial charge in [0.05, 0.1) is 13.2 Å². The largest absolute Gasteiger partial charge is 2.00 e. The number of aliphatic hydroxyl groups is 6. The summed E-state index contributed by atoms with van der Waals surface area (Å²) in [6, 6.07) is 0. The van der Waals surface area contributed by atoms with Gasteiger partial charge in [0, 0.05) is 0 Å². The first-order chi connectivity index (χ1) is 11.1. The number of esters is 2. The molecule has 152 valence electrons. The summed E-state index contributed by atoms with van der Waals surface area (Å²) in [6.07, 6.45) is -5.90. The van der Waals surface area contributed by atoms with Crippen molar-refractivity contribution in [2.24, 2.45) is 0 Å². The van der Waals surface area contributed by atoms with Crippen LogP contribution < -0.4 is 10.2 Å². The molecule has 0 aromatic heterocycles. The van der Waals surface area contributed by atoms with E-state index in [4.69, 9.17) is 30.6 Å². The normalized spacial score (nSPS) is 23.0. The molecule has 2 aliphatic rings. The Morgan fingerprint density at radius 3 is 1.22 bits per heavy atom. The molecule has 0 unspecified atom stereocenters. The summed E-state index contributed by atoms with van der Waals surface area (Å²) in [4.78, 5) is 21.0. The summed E-state index contributed by atoms with van der Waals surface area (Å²) in [5.74, 6) is -6.40. The van der Waals surface area contributed by atoms with Crippen molar-refractivity contribution in [3.8, 4) is 0 Å². The minimum absolute atomic E-state index is 0. The predicted octanol–water partition coefficient (Wildman–Crippen LogP) is -7.24. The third-order valence-electron chi connectivity index (χ3n) is 2.91. The van der Waals surface area contributed by atoms with Gasteiger partial charge in [0.1, 0.15) is 24.4 Å². The average Bonchev–Trinajstić information content (AvgIpc) is 2.98. The summed E-state index contributed by atoms with van der Waals surface area (Å²) >= 11 is 0. The quantitative estimate of drug-likeness (QED) is 0.164. The van der Waals surface area contributed by atoms with Crippen molar-refractivity contribution in [2.75, 3.05) is 13.2 Å². The number of aliphatic hydroxyl groups excluding tert-OH is 6. The van der Waals surface area contributed by atoms with E-state index in [2.05, 4.69) is 9.47 Å². The van der Waals surface area contributed by atoms with Crippen LogP contribution in [0, 0.1) is 0 Å². The number of hydrogen-bond donors (Lipinski definition) is 6. The minimum atomic E-state index is -1.48. The zero-order valence-electron chi connectivity index (χ0n) is 13.6. The van der Waals surface area contributed by atoms with Crippen LogP contribution in [0.15, 0.2) is 23.0 Å². The minimum Gasteiger partial charge on any atom is -0.870 e. The first-order valence-corrected chi connectivity index (χ1v) is 6.35. The monoisotopic (exact) mass is 474 g/mol. The van der Waals surface area contributed by atoms with Crippen molar-refractivity contribution in [3.63, 3.8) is 0 Å². The van der Waals surface area contributed by atoms with Crippen LogP contribution in [0.4, 0.5) is 0 Å². The van der Waals surface area contributed by atoms with E-state index in [1.54, 1.807) is 0 Å². The van der Waals surface area contributed by atoms with E-state index in [9.17, 15) is 19.8 Å². The Kier molecular flexibility index (Phi) is 14.8. The molecule has 27 heavy (non-hydrogen) atoms. The Bertz CT molecular complexity index is 522. The van der Waals surface area contributed by atoms with Crippen LogP contribution in [0.5, 0.6) is 0 Å². The number of hydrogen-bond acceptors (Lipinski definition) is 12. The fraction of sp³-hybridized carbons (Fsp3) is 0.500. The molecule has 4 atom stereocenters. The number of ether oxygens (including phenoxy) is 2. The Labute approximate surface area is 188 Å². The molecule has 0 amide bonds. The molecule has 10 N–H and O–H groups in total. The zero-order chi connectivity index (χ0) is 18.6. The maximum atomic E-state index is 10.8. The SMILES string of the molecule is O.O.O=C1O[C@H]([C@@H](O)CO)C([O-])=C1O.O=C1O[C@H]([C@@H](O)CO)C([O-])=C1O.[Sr+2]. The Morgan fingerprint density at radius 2 is 1.07 bits per heavy atom. The first-order valence-electron chi connectivity index (χ1n) is 6.35. The molecular formula is C12H18O14Sr. The molecule has 2 heterocycles. The van der Waals surface area contributed by atoms with Crippen molar-refractivity contribution in [2.45, 2.75) is 24.4 Å². The zero-order valence-corrected chi connectivity index (χ0v) is 17.0. The second-order valence-electron chi connectivity index (χ2n) is 4.58. The maximum absolute atomic E-state index is 10.8. The topological polar surface area (TPSA) is 283 Å². The van der Waals surface area contributed by atoms with Crippen LogP contribution in [0.1, 0.15) is 0 Å². The van der Waals surface area contributed by atoms with Crippen LogP contribution in [-0.2, 0) is 19.1 Å². The molecule has 0 aromatic rings. The second kappa shape index (κ2) is 13.1. The van der Waals surface area contributed by atoms with Crippen molar-refractivity contribution in [1.82, 2.24) is 0 Å². The molecule has 15 heteroatoms. The molecule has 0 aliphatic carbocycles. The third-order valence-corrected chi connectivity index (χ3v) is 2.91. The van der Waals surface area contributed by atoms with Crippen LogP contribution in [-0.4, -0.2) is 137 Å². The van der Waals surface area contributed by atoms with E-state index in [0.29, 0.717) is 0 Å². The van der Waals surface area contributed by atoms with Gasteiger partial charge in [0.15, 0.2) is 11.5 Å². The Balaban J connectivity index is -0.000000384. The van der Waals surface area contributed by atoms with Crippen LogP contribution in [0.25, 0.3) is 0 Å². The van der Waals surface area contributed by atoms with Gasteiger partial charge in [-0.05, 0) is 11.5 Å². The van der Waals surface area contributed by atoms with Gasteiger partial charge in [-0.1, -0.05) is 0 Å². The van der Waals surface area contributed by atoms with Gasteiger partial charge >= 0.3 is 57.4 Å². The van der Waals surface area contributed by atoms with Crippen LogP contribution >= 0.6 is 0 Å². The van der Waals surface area contributed by atoms with E-state index >= 15 is 0 Å². The molecule has 0 radical (unpaired) electrons. The Hall–Kier alpha value is -1.14. The summed E-state index contributed by atoms with van der Waals surface area (Å²) in [5.41, 5.74) is 0. The van der Waals surface area contributed by atoms with Gasteiger partial charge in [-0.3, -0.25) is 0 Å². The van der Waals surface area contributed by atoms with E-state index in [-0.39, 0.29) is 56.4 Å². The van der Waals surface area contributed by atoms with Crippen molar-refractivity contribution in [3.05, 3.63) is 23.0 Å². The summed E-state index contributed by atoms with van der Waals surface area (Å²) in [6.45, 7) is -1.42. The molecule has 2 aliphatic heterocycles. The molecule has 0 spiro atoms. The van der Waals surface area contributed by atoms with Gasteiger partial charge in [-0.25, -0.2) is 9.59 Å². The number of rotatable bonds is 4. The number of carbonyl (C=O) groups is 2. The Morgan fingerprint density at radius 1 is 0.815 bits per heavy atom. The van der Waals surface area contributed by atoms with Crippen LogP contribution in [0.2, 0.25) is 0 Å². The number of cyclic esters (lactones) is 2. The van der Waals surface area contributed by atoms with Gasteiger partial charge in [-0.15, -0.1) is 0 Å². The summed E-state index contributed by atoms with van der Waals surface area (Å²) in [5, 5.41) is 73.6. The molecule has 0 saturated heterocycles. The predicted molar refractivity (Wildman–Crippen MR) is 78.2 cm³/mol. The van der Waals surface area contributed by atoms with Crippen molar-refractivity contribution in [1.29, 1.82) is 0 Å². The molecular weight excluding hydrogens is 456 g/mol. The van der Waals surface area contributed by atoms with Gasteiger partial charge in [0.25, 0.3) is 0 Å². The van der Waals surface area contributed by atoms with E-state index in [0.717, 1.165) is 0 Å². The molecule has 14 nitrogen and oxygen atoms in total. The third kappa shape index (κ3) is 7.07. The first kappa shape index (κ1) is 30.6. The van der Waals surface area contributed by atoms with Gasteiger partial charge in [0.2, 0.25) is 0 Å².